The second-order valence-electron chi connectivity index (χ2n) is 4.88. The monoisotopic (exact) mass is 311 g/mol. The Labute approximate surface area is 133 Å². The Morgan fingerprint density at radius 3 is 2.55 bits per heavy atom. The third-order valence-electron chi connectivity index (χ3n) is 3.18. The lowest BCUT2D eigenvalue weighted by Crippen LogP contribution is -2.14. The van der Waals surface area contributed by atoms with E-state index in [1.54, 1.807) is 0 Å². The maximum atomic E-state index is 12.0. The second kappa shape index (κ2) is 6.45. The summed E-state index contributed by atoms with van der Waals surface area (Å²) in [7, 11) is 0. The topological polar surface area (TPSA) is 57.8 Å². The molecule has 4 nitrogen and oxygen atoms in total. The molecule has 0 radical (unpaired) electrons. The molecular formula is C17H14ClN3O. The summed E-state index contributed by atoms with van der Waals surface area (Å²) in [6.07, 6.45) is 0.246. The summed E-state index contributed by atoms with van der Waals surface area (Å²) in [5, 5.41) is 10.6. The van der Waals surface area contributed by atoms with Crippen molar-refractivity contribution < 1.29 is 4.79 Å². The van der Waals surface area contributed by atoms with E-state index in [2.05, 4.69) is 15.5 Å². The van der Waals surface area contributed by atoms with Crippen LogP contribution in [0.4, 0.5) is 5.69 Å². The van der Waals surface area contributed by atoms with Crippen LogP contribution in [0.3, 0.4) is 0 Å². The minimum Gasteiger partial charge on any atom is -0.326 e. The van der Waals surface area contributed by atoms with Crippen LogP contribution >= 0.6 is 11.6 Å². The summed E-state index contributed by atoms with van der Waals surface area (Å²) in [4.78, 5) is 12.0. The second-order valence-corrected chi connectivity index (χ2v) is 5.31. The van der Waals surface area contributed by atoms with Crippen molar-refractivity contribution in [1.82, 2.24) is 10.2 Å². The van der Waals surface area contributed by atoms with E-state index in [4.69, 9.17) is 11.6 Å². The van der Waals surface area contributed by atoms with Crippen molar-refractivity contribution in [3.8, 4) is 11.3 Å². The molecule has 0 fully saturated rings. The number of hydrogen-bond acceptors (Lipinski definition) is 2. The average Bonchev–Trinajstić information content (AvgIpc) is 2.97. The van der Waals surface area contributed by atoms with Crippen molar-refractivity contribution in [3.63, 3.8) is 0 Å². The zero-order chi connectivity index (χ0) is 15.4. The zero-order valence-corrected chi connectivity index (χ0v) is 12.5. The standard InChI is InChI=1S/C17H14ClN3O/c18-13-8-6-12(7-9-13)16-10-15(20-21-16)11-17(22)19-14-4-2-1-3-5-14/h1-10H,11H2,(H,19,22)(H,20,21). The molecule has 3 rings (SSSR count). The van der Waals surface area contributed by atoms with E-state index in [1.807, 2.05) is 60.7 Å². The van der Waals surface area contributed by atoms with Gasteiger partial charge in [0.05, 0.1) is 12.1 Å². The average molecular weight is 312 g/mol. The molecule has 0 bridgehead atoms. The van der Waals surface area contributed by atoms with Crippen molar-refractivity contribution >= 4 is 23.2 Å². The number of rotatable bonds is 4. The van der Waals surface area contributed by atoms with Crippen LogP contribution in [0.2, 0.25) is 5.02 Å². The molecule has 0 aliphatic carbocycles. The van der Waals surface area contributed by atoms with Gasteiger partial charge in [0.15, 0.2) is 0 Å². The van der Waals surface area contributed by atoms with Crippen LogP contribution in [-0.4, -0.2) is 16.1 Å². The fourth-order valence-corrected chi connectivity index (χ4v) is 2.25. The number of halogens is 1. The number of aromatic nitrogens is 2. The van der Waals surface area contributed by atoms with Gasteiger partial charge in [0.1, 0.15) is 0 Å². The van der Waals surface area contributed by atoms with E-state index in [-0.39, 0.29) is 12.3 Å². The molecule has 1 amide bonds. The van der Waals surface area contributed by atoms with E-state index in [0.29, 0.717) is 5.02 Å². The highest BCUT2D eigenvalue weighted by Crippen LogP contribution is 2.20. The van der Waals surface area contributed by atoms with Crippen LogP contribution in [0.5, 0.6) is 0 Å². The van der Waals surface area contributed by atoms with Crippen LogP contribution in [0.1, 0.15) is 5.69 Å². The summed E-state index contributed by atoms with van der Waals surface area (Å²) in [6.45, 7) is 0. The van der Waals surface area contributed by atoms with Crippen LogP contribution in [0.25, 0.3) is 11.3 Å². The highest BCUT2D eigenvalue weighted by Gasteiger charge is 2.08. The fraction of sp³-hybridized carbons (Fsp3) is 0.0588. The first-order valence-corrected chi connectivity index (χ1v) is 7.23. The van der Waals surface area contributed by atoms with Crippen LogP contribution in [-0.2, 0) is 11.2 Å². The summed E-state index contributed by atoms with van der Waals surface area (Å²) < 4.78 is 0. The lowest BCUT2D eigenvalue weighted by molar-refractivity contribution is -0.115. The number of carbonyl (C=O) groups excluding carboxylic acids is 1. The van der Waals surface area contributed by atoms with E-state index in [0.717, 1.165) is 22.6 Å². The number of benzene rings is 2. The molecule has 1 heterocycles. The number of amides is 1. The molecule has 0 spiro atoms. The summed E-state index contributed by atoms with van der Waals surface area (Å²) in [5.74, 6) is -0.0856. The molecule has 0 aliphatic heterocycles. The Hall–Kier alpha value is -2.59. The molecule has 0 atom stereocenters. The predicted octanol–water partition coefficient (Wildman–Crippen LogP) is 3.91. The number of para-hydroxylation sites is 1. The lowest BCUT2D eigenvalue weighted by atomic mass is 10.1. The van der Waals surface area contributed by atoms with Gasteiger partial charge < -0.3 is 5.32 Å². The Morgan fingerprint density at radius 2 is 1.82 bits per heavy atom. The molecule has 110 valence electrons. The van der Waals surface area contributed by atoms with E-state index >= 15 is 0 Å². The van der Waals surface area contributed by atoms with Crippen molar-refractivity contribution in [2.45, 2.75) is 6.42 Å². The highest BCUT2D eigenvalue weighted by molar-refractivity contribution is 6.30. The zero-order valence-electron chi connectivity index (χ0n) is 11.7. The van der Waals surface area contributed by atoms with Gasteiger partial charge >= 0.3 is 0 Å². The minimum absolute atomic E-state index is 0.0856. The third kappa shape index (κ3) is 3.54. The number of hydrogen-bond donors (Lipinski definition) is 2. The van der Waals surface area contributed by atoms with Gasteiger partial charge in [-0.1, -0.05) is 41.9 Å². The molecular weight excluding hydrogens is 298 g/mol. The molecule has 22 heavy (non-hydrogen) atoms. The van der Waals surface area contributed by atoms with Crippen molar-refractivity contribution in [2.75, 3.05) is 5.32 Å². The van der Waals surface area contributed by atoms with Crippen molar-refractivity contribution in [2.24, 2.45) is 0 Å². The minimum atomic E-state index is -0.0856. The van der Waals surface area contributed by atoms with E-state index in [1.165, 1.54) is 0 Å². The van der Waals surface area contributed by atoms with Gasteiger partial charge in [0.25, 0.3) is 0 Å². The maximum absolute atomic E-state index is 12.0. The fourth-order valence-electron chi connectivity index (χ4n) is 2.12. The van der Waals surface area contributed by atoms with Gasteiger partial charge in [0, 0.05) is 22.0 Å². The number of nitrogens with one attached hydrogen (secondary N) is 2. The number of anilines is 1. The smallest absolute Gasteiger partial charge is 0.230 e. The summed E-state index contributed by atoms with van der Waals surface area (Å²) in [6, 6.07) is 18.7. The number of carbonyl (C=O) groups is 1. The van der Waals surface area contributed by atoms with E-state index < -0.39 is 0 Å². The number of aromatic amines is 1. The molecule has 5 heteroatoms. The normalized spacial score (nSPS) is 10.4. The van der Waals surface area contributed by atoms with Crippen molar-refractivity contribution in [3.05, 3.63) is 71.4 Å². The summed E-state index contributed by atoms with van der Waals surface area (Å²) >= 11 is 5.87. The molecule has 2 N–H and O–H groups in total. The molecule has 3 aromatic rings. The van der Waals surface area contributed by atoms with Crippen molar-refractivity contribution in [1.29, 1.82) is 0 Å². The van der Waals surface area contributed by atoms with E-state index in [9.17, 15) is 4.79 Å². The third-order valence-corrected chi connectivity index (χ3v) is 3.43. The van der Waals surface area contributed by atoms with Gasteiger partial charge in [0.2, 0.25) is 5.91 Å². The molecule has 0 saturated heterocycles. The van der Waals surface area contributed by atoms with Crippen LogP contribution in [0, 0.1) is 0 Å². The SMILES string of the molecule is O=C(Cc1cc(-c2ccc(Cl)cc2)n[nH]1)Nc1ccccc1. The van der Waals surface area contributed by atoms with Gasteiger partial charge in [-0.05, 0) is 30.3 Å². The van der Waals surface area contributed by atoms with Gasteiger partial charge in [-0.25, -0.2) is 0 Å². The number of H-pyrrole nitrogens is 1. The summed E-state index contributed by atoms with van der Waals surface area (Å²) in [5.41, 5.74) is 3.29. The first kappa shape index (κ1) is 14.4. The first-order valence-electron chi connectivity index (χ1n) is 6.86. The Kier molecular flexibility index (Phi) is 4.21. The first-order chi connectivity index (χ1) is 10.7. The molecule has 2 aromatic carbocycles. The van der Waals surface area contributed by atoms with Gasteiger partial charge in [-0.3, -0.25) is 9.89 Å². The predicted molar refractivity (Wildman–Crippen MR) is 87.8 cm³/mol. The Balaban J connectivity index is 1.66. The molecule has 1 aromatic heterocycles. The lowest BCUT2D eigenvalue weighted by Gasteiger charge is -2.03. The quantitative estimate of drug-likeness (QED) is 0.767. The molecule has 0 saturated carbocycles. The molecule has 0 aliphatic rings. The van der Waals surface area contributed by atoms with Crippen LogP contribution < -0.4 is 5.32 Å². The number of nitrogens with zero attached hydrogens (tertiary/aromatic N) is 1. The highest BCUT2D eigenvalue weighted by atomic mass is 35.5. The Morgan fingerprint density at radius 1 is 1.09 bits per heavy atom. The van der Waals surface area contributed by atoms with Gasteiger partial charge in [-0.2, -0.15) is 5.10 Å². The molecule has 0 unspecified atom stereocenters. The van der Waals surface area contributed by atoms with Crippen LogP contribution in [0.15, 0.2) is 60.7 Å². The largest absolute Gasteiger partial charge is 0.326 e. The maximum Gasteiger partial charge on any atom is 0.230 e. The Bertz CT molecular complexity index is 766. The van der Waals surface area contributed by atoms with Gasteiger partial charge in [-0.15, -0.1) is 0 Å².